The van der Waals surface area contributed by atoms with Crippen LogP contribution in [0.4, 0.5) is 0 Å². The molecule has 13 heavy (non-hydrogen) atoms. The second-order valence-electron chi connectivity index (χ2n) is 4.13. The summed E-state index contributed by atoms with van der Waals surface area (Å²) in [7, 11) is -0.296. The average molecular weight is 192 g/mol. The van der Waals surface area contributed by atoms with Gasteiger partial charge in [0.15, 0.2) is 0 Å². The standard InChI is InChI=1S/C12H20Si/c1-13(2)11-7-6-10-12-8-4-3-5-9-12/h3-5,8-9,13H,6-7,10-11H2,1-2H3. The highest BCUT2D eigenvalue weighted by atomic mass is 28.3. The molecule has 0 aliphatic rings. The van der Waals surface area contributed by atoms with Gasteiger partial charge in [0.25, 0.3) is 0 Å². The van der Waals surface area contributed by atoms with Gasteiger partial charge in [0.1, 0.15) is 0 Å². The molecule has 1 aromatic rings. The maximum atomic E-state index is 2.43. The summed E-state index contributed by atoms with van der Waals surface area (Å²) in [5.74, 6) is 0. The second kappa shape index (κ2) is 5.98. The van der Waals surface area contributed by atoms with Gasteiger partial charge in [-0.2, -0.15) is 0 Å². The van der Waals surface area contributed by atoms with E-state index < -0.39 is 0 Å². The predicted octanol–water partition coefficient (Wildman–Crippen LogP) is 3.50. The number of hydrogen-bond donors (Lipinski definition) is 0. The zero-order chi connectivity index (χ0) is 9.52. The molecule has 0 atom stereocenters. The van der Waals surface area contributed by atoms with E-state index in [-0.39, 0.29) is 8.80 Å². The van der Waals surface area contributed by atoms with E-state index in [0.29, 0.717) is 0 Å². The van der Waals surface area contributed by atoms with Crippen LogP contribution in [0.2, 0.25) is 19.1 Å². The van der Waals surface area contributed by atoms with E-state index in [9.17, 15) is 0 Å². The molecule has 0 saturated carbocycles. The SMILES string of the molecule is C[SiH](C)CCCCc1ccccc1. The molecule has 72 valence electrons. The molecule has 0 nitrogen and oxygen atoms in total. The van der Waals surface area contributed by atoms with E-state index in [1.54, 1.807) is 0 Å². The molecule has 0 radical (unpaired) electrons. The second-order valence-corrected chi connectivity index (χ2v) is 7.49. The fourth-order valence-electron chi connectivity index (χ4n) is 1.53. The third kappa shape index (κ3) is 4.89. The Hall–Kier alpha value is -0.563. The molecular formula is C12H20Si. The summed E-state index contributed by atoms with van der Waals surface area (Å²) in [6, 6.07) is 12.3. The Kier molecular flexibility index (Phi) is 4.84. The third-order valence-electron chi connectivity index (χ3n) is 2.34. The highest BCUT2D eigenvalue weighted by molar-refractivity contribution is 6.55. The lowest BCUT2D eigenvalue weighted by Gasteiger charge is -2.03. The molecule has 0 unspecified atom stereocenters. The van der Waals surface area contributed by atoms with Gasteiger partial charge in [-0.15, -0.1) is 0 Å². The van der Waals surface area contributed by atoms with Crippen molar-refractivity contribution in [3.63, 3.8) is 0 Å². The van der Waals surface area contributed by atoms with Crippen LogP contribution in [0.25, 0.3) is 0 Å². The lowest BCUT2D eigenvalue weighted by Crippen LogP contribution is -1.98. The monoisotopic (exact) mass is 192 g/mol. The molecule has 0 bridgehead atoms. The fraction of sp³-hybridized carbons (Fsp3) is 0.500. The van der Waals surface area contributed by atoms with E-state index in [1.807, 2.05) is 0 Å². The van der Waals surface area contributed by atoms with Gasteiger partial charge >= 0.3 is 0 Å². The lowest BCUT2D eigenvalue weighted by atomic mass is 10.1. The molecule has 0 aliphatic heterocycles. The Morgan fingerprint density at radius 1 is 1.00 bits per heavy atom. The fourth-order valence-corrected chi connectivity index (χ4v) is 2.63. The van der Waals surface area contributed by atoms with Gasteiger partial charge in [0.2, 0.25) is 0 Å². The van der Waals surface area contributed by atoms with Crippen molar-refractivity contribution < 1.29 is 0 Å². The topological polar surface area (TPSA) is 0 Å². The van der Waals surface area contributed by atoms with E-state index in [2.05, 4.69) is 43.4 Å². The van der Waals surface area contributed by atoms with E-state index in [4.69, 9.17) is 0 Å². The van der Waals surface area contributed by atoms with Gasteiger partial charge in [-0.3, -0.25) is 0 Å². The summed E-state index contributed by atoms with van der Waals surface area (Å²) in [4.78, 5) is 0. The molecule has 0 N–H and O–H groups in total. The quantitative estimate of drug-likeness (QED) is 0.495. The van der Waals surface area contributed by atoms with Gasteiger partial charge in [-0.1, -0.05) is 55.9 Å². The zero-order valence-electron chi connectivity index (χ0n) is 8.79. The lowest BCUT2D eigenvalue weighted by molar-refractivity contribution is 0.789. The van der Waals surface area contributed by atoms with Crippen molar-refractivity contribution in [1.82, 2.24) is 0 Å². The van der Waals surface area contributed by atoms with Crippen molar-refractivity contribution in [3.8, 4) is 0 Å². The van der Waals surface area contributed by atoms with Crippen LogP contribution in [-0.4, -0.2) is 8.80 Å². The van der Waals surface area contributed by atoms with Crippen LogP contribution in [0.5, 0.6) is 0 Å². The molecule has 0 amide bonds. The van der Waals surface area contributed by atoms with Gasteiger partial charge in [-0.05, 0) is 18.4 Å². The Balaban J connectivity index is 2.13. The van der Waals surface area contributed by atoms with Crippen LogP contribution in [-0.2, 0) is 6.42 Å². The number of hydrogen-bond acceptors (Lipinski definition) is 0. The smallest absolute Gasteiger partial charge is 0.0305 e. The highest BCUT2D eigenvalue weighted by Gasteiger charge is 1.96. The highest BCUT2D eigenvalue weighted by Crippen LogP contribution is 2.07. The first-order chi connectivity index (χ1) is 6.29. The minimum absolute atomic E-state index is 0.296. The molecule has 1 aromatic carbocycles. The van der Waals surface area contributed by atoms with Crippen LogP contribution in [0, 0.1) is 0 Å². The Morgan fingerprint density at radius 2 is 1.69 bits per heavy atom. The van der Waals surface area contributed by atoms with Crippen LogP contribution in [0.15, 0.2) is 30.3 Å². The summed E-state index contributed by atoms with van der Waals surface area (Å²) in [5, 5.41) is 0. The Morgan fingerprint density at radius 3 is 2.31 bits per heavy atom. The van der Waals surface area contributed by atoms with Crippen LogP contribution >= 0.6 is 0 Å². The minimum Gasteiger partial charge on any atom is -0.0722 e. The van der Waals surface area contributed by atoms with Crippen molar-refractivity contribution in [2.45, 2.75) is 38.4 Å². The number of benzene rings is 1. The van der Waals surface area contributed by atoms with Crippen molar-refractivity contribution in [3.05, 3.63) is 35.9 Å². The van der Waals surface area contributed by atoms with Gasteiger partial charge in [-0.25, -0.2) is 0 Å². The van der Waals surface area contributed by atoms with E-state index in [1.165, 1.54) is 30.9 Å². The first kappa shape index (κ1) is 10.5. The molecular weight excluding hydrogens is 172 g/mol. The number of rotatable bonds is 5. The van der Waals surface area contributed by atoms with Gasteiger partial charge < -0.3 is 0 Å². The Labute approximate surface area is 83.6 Å². The molecule has 0 heterocycles. The summed E-state index contributed by atoms with van der Waals surface area (Å²) in [6.07, 6.45) is 4.07. The van der Waals surface area contributed by atoms with E-state index >= 15 is 0 Å². The normalized spacial score (nSPS) is 10.7. The molecule has 0 saturated heterocycles. The number of aryl methyl sites for hydroxylation is 1. The molecule has 0 aromatic heterocycles. The van der Waals surface area contributed by atoms with Crippen LogP contribution < -0.4 is 0 Å². The average Bonchev–Trinajstić information content (AvgIpc) is 2.14. The minimum atomic E-state index is -0.296. The van der Waals surface area contributed by atoms with Crippen LogP contribution in [0.1, 0.15) is 18.4 Å². The molecule has 0 aliphatic carbocycles. The summed E-state index contributed by atoms with van der Waals surface area (Å²) >= 11 is 0. The predicted molar refractivity (Wildman–Crippen MR) is 63.1 cm³/mol. The maximum Gasteiger partial charge on any atom is 0.0305 e. The molecule has 1 heteroatoms. The molecule has 1 rings (SSSR count). The third-order valence-corrected chi connectivity index (χ3v) is 3.90. The van der Waals surface area contributed by atoms with Crippen LogP contribution in [0.3, 0.4) is 0 Å². The first-order valence-electron chi connectivity index (χ1n) is 5.33. The van der Waals surface area contributed by atoms with Gasteiger partial charge in [0, 0.05) is 8.80 Å². The van der Waals surface area contributed by atoms with Gasteiger partial charge in [0.05, 0.1) is 0 Å². The van der Waals surface area contributed by atoms with Crippen molar-refractivity contribution in [1.29, 1.82) is 0 Å². The van der Waals surface area contributed by atoms with Crippen molar-refractivity contribution >= 4 is 8.80 Å². The Bertz CT molecular complexity index is 216. The molecule has 0 spiro atoms. The largest absolute Gasteiger partial charge is 0.0722 e. The summed E-state index contributed by atoms with van der Waals surface area (Å²) < 4.78 is 0. The number of unbranched alkanes of at least 4 members (excludes halogenated alkanes) is 1. The zero-order valence-corrected chi connectivity index (χ0v) is 9.95. The summed E-state index contributed by atoms with van der Waals surface area (Å²) in [6.45, 7) is 4.87. The maximum absolute atomic E-state index is 2.43. The van der Waals surface area contributed by atoms with Crippen molar-refractivity contribution in [2.24, 2.45) is 0 Å². The molecule has 0 fully saturated rings. The van der Waals surface area contributed by atoms with Crippen molar-refractivity contribution in [2.75, 3.05) is 0 Å². The first-order valence-corrected chi connectivity index (χ1v) is 8.45. The van der Waals surface area contributed by atoms with E-state index in [0.717, 1.165) is 0 Å². The summed E-state index contributed by atoms with van der Waals surface area (Å²) in [5.41, 5.74) is 1.49.